The minimum atomic E-state index is -3.28. The molecule has 196 valence electrons. The number of hydrogen-bond donors (Lipinski definition) is 0. The van der Waals surface area contributed by atoms with Crippen LogP contribution >= 0.6 is 11.6 Å². The van der Waals surface area contributed by atoms with Crippen LogP contribution in [0.1, 0.15) is 30.4 Å². The fourth-order valence-corrected chi connectivity index (χ4v) is 5.40. The minimum absolute atomic E-state index is 0.311. The second kappa shape index (κ2) is 9.59. The maximum absolute atomic E-state index is 14.1. The number of imidazole rings is 1. The molecule has 2 aromatic carbocycles. The van der Waals surface area contributed by atoms with Crippen LogP contribution in [0.3, 0.4) is 0 Å². The number of aromatic nitrogens is 5. The first-order valence-electron chi connectivity index (χ1n) is 11.7. The van der Waals surface area contributed by atoms with Crippen molar-refractivity contribution in [1.82, 2.24) is 24.5 Å². The molecule has 0 saturated heterocycles. The van der Waals surface area contributed by atoms with Gasteiger partial charge < -0.3 is 4.57 Å². The van der Waals surface area contributed by atoms with E-state index in [2.05, 4.69) is 15.3 Å². The zero-order chi connectivity index (χ0) is 27.2. The van der Waals surface area contributed by atoms with Crippen molar-refractivity contribution in [1.29, 1.82) is 0 Å². The Bertz CT molecular complexity index is 1680. The minimum Gasteiger partial charge on any atom is -0.301 e. The summed E-state index contributed by atoms with van der Waals surface area (Å²) in [7, 11) is -3.28. The standard InChI is InChI=1S/C27H24ClF2N5O2S/c1-17-32-26(27(2,29)30)16-34(17)23-12-9-20(19-5-4-6-22(13-19)38(3,36)37)14-24(23)35-25(15-31-33-35)18-7-10-21(28)11-8-18/h4-12,14-16,22H,13H2,1-3H3. The van der Waals surface area contributed by atoms with Crippen LogP contribution in [0, 0.1) is 6.92 Å². The average Bonchev–Trinajstić information content (AvgIpc) is 3.51. The second-order valence-electron chi connectivity index (χ2n) is 9.32. The van der Waals surface area contributed by atoms with E-state index in [4.69, 9.17) is 11.6 Å². The first-order chi connectivity index (χ1) is 17.9. The SMILES string of the molecule is Cc1nc(C(C)(F)F)cn1-c1ccc(C2=CC=CC(S(C)(=O)=O)C2)cc1-n1nncc1-c1ccc(Cl)cc1. The van der Waals surface area contributed by atoms with Crippen molar-refractivity contribution in [3.8, 4) is 22.6 Å². The van der Waals surface area contributed by atoms with E-state index in [0.29, 0.717) is 34.3 Å². The molecule has 4 aromatic rings. The Morgan fingerprint density at radius 2 is 1.79 bits per heavy atom. The van der Waals surface area contributed by atoms with Crippen molar-refractivity contribution in [3.63, 3.8) is 0 Å². The quantitative estimate of drug-likeness (QED) is 0.293. The van der Waals surface area contributed by atoms with Crippen molar-refractivity contribution in [2.75, 3.05) is 6.26 Å². The van der Waals surface area contributed by atoms with Gasteiger partial charge in [-0.1, -0.05) is 53.2 Å². The molecule has 1 atom stereocenters. The van der Waals surface area contributed by atoms with Gasteiger partial charge in [-0.3, -0.25) is 0 Å². The monoisotopic (exact) mass is 555 g/mol. The number of rotatable bonds is 6. The smallest absolute Gasteiger partial charge is 0.288 e. The van der Waals surface area contributed by atoms with Gasteiger partial charge in [0.05, 0.1) is 28.5 Å². The normalized spacial score (nSPS) is 16.1. The van der Waals surface area contributed by atoms with Crippen molar-refractivity contribution < 1.29 is 17.2 Å². The van der Waals surface area contributed by atoms with E-state index < -0.39 is 21.0 Å². The first-order valence-corrected chi connectivity index (χ1v) is 14.1. The van der Waals surface area contributed by atoms with E-state index >= 15 is 0 Å². The van der Waals surface area contributed by atoms with Crippen LogP contribution in [0.15, 0.2) is 73.1 Å². The molecule has 0 saturated carbocycles. The van der Waals surface area contributed by atoms with E-state index in [0.717, 1.165) is 23.6 Å². The molecule has 0 bridgehead atoms. The van der Waals surface area contributed by atoms with E-state index in [-0.39, 0.29) is 5.69 Å². The van der Waals surface area contributed by atoms with E-state index in [1.165, 1.54) is 12.5 Å². The van der Waals surface area contributed by atoms with Crippen LogP contribution in [-0.4, -0.2) is 44.5 Å². The molecule has 1 aliphatic carbocycles. The van der Waals surface area contributed by atoms with E-state index in [9.17, 15) is 17.2 Å². The number of sulfone groups is 1. The zero-order valence-electron chi connectivity index (χ0n) is 20.8. The number of allylic oxidation sites excluding steroid dienone is 3. The Morgan fingerprint density at radius 1 is 1.08 bits per heavy atom. The van der Waals surface area contributed by atoms with Gasteiger partial charge in [0.15, 0.2) is 9.84 Å². The lowest BCUT2D eigenvalue weighted by molar-refractivity contribution is 0.0130. The molecule has 38 heavy (non-hydrogen) atoms. The predicted octanol–water partition coefficient (Wildman–Crippen LogP) is 5.95. The number of halogens is 3. The van der Waals surface area contributed by atoms with Crippen molar-refractivity contribution in [3.05, 3.63) is 95.2 Å². The molecule has 1 unspecified atom stereocenters. The summed E-state index contributed by atoms with van der Waals surface area (Å²) < 4.78 is 55.9. The van der Waals surface area contributed by atoms with Gasteiger partial charge in [0.25, 0.3) is 5.92 Å². The van der Waals surface area contributed by atoms with Crippen LogP contribution < -0.4 is 0 Å². The van der Waals surface area contributed by atoms with Crippen LogP contribution in [0.5, 0.6) is 0 Å². The third-order valence-corrected chi connectivity index (χ3v) is 8.13. The predicted molar refractivity (Wildman–Crippen MR) is 144 cm³/mol. The average molecular weight is 556 g/mol. The lowest BCUT2D eigenvalue weighted by atomic mass is 9.96. The number of aryl methyl sites for hydroxylation is 1. The largest absolute Gasteiger partial charge is 0.301 e. The third kappa shape index (κ3) is 5.06. The maximum atomic E-state index is 14.1. The van der Waals surface area contributed by atoms with Gasteiger partial charge in [-0.05, 0) is 48.7 Å². The summed E-state index contributed by atoms with van der Waals surface area (Å²) in [5.74, 6) is -2.74. The van der Waals surface area contributed by atoms with E-state index in [1.807, 2.05) is 30.3 Å². The van der Waals surface area contributed by atoms with Crippen LogP contribution in [0.2, 0.25) is 5.02 Å². The van der Waals surface area contributed by atoms with Gasteiger partial charge >= 0.3 is 0 Å². The highest BCUT2D eigenvalue weighted by Crippen LogP contribution is 2.34. The first kappa shape index (κ1) is 26.0. The maximum Gasteiger partial charge on any atom is 0.288 e. The van der Waals surface area contributed by atoms with Gasteiger partial charge in [-0.2, -0.15) is 8.78 Å². The number of nitrogens with zero attached hydrogens (tertiary/aromatic N) is 5. The highest BCUT2D eigenvalue weighted by atomic mass is 35.5. The Hall–Kier alpha value is -3.63. The lowest BCUT2D eigenvalue weighted by Crippen LogP contribution is -2.19. The molecular weight excluding hydrogens is 532 g/mol. The summed E-state index contributed by atoms with van der Waals surface area (Å²) in [5, 5.41) is 8.38. The highest BCUT2D eigenvalue weighted by molar-refractivity contribution is 7.91. The summed E-state index contributed by atoms with van der Waals surface area (Å²) in [6, 6.07) is 12.7. The molecular formula is C27H24ClF2N5O2S. The Balaban J connectivity index is 1.69. The molecule has 0 N–H and O–H groups in total. The number of benzene rings is 2. The molecule has 0 aliphatic heterocycles. The van der Waals surface area contributed by atoms with Crippen molar-refractivity contribution in [2.45, 2.75) is 31.4 Å². The molecule has 2 heterocycles. The molecule has 0 spiro atoms. The topological polar surface area (TPSA) is 82.7 Å². The van der Waals surface area contributed by atoms with Crippen molar-refractivity contribution >= 4 is 27.0 Å². The van der Waals surface area contributed by atoms with Crippen LogP contribution in [0.25, 0.3) is 28.2 Å². The van der Waals surface area contributed by atoms with Crippen molar-refractivity contribution in [2.24, 2.45) is 0 Å². The molecule has 0 radical (unpaired) electrons. The second-order valence-corrected chi connectivity index (χ2v) is 12.0. The van der Waals surface area contributed by atoms with Gasteiger partial charge in [0.2, 0.25) is 0 Å². The van der Waals surface area contributed by atoms with Crippen LogP contribution in [-0.2, 0) is 15.8 Å². The van der Waals surface area contributed by atoms with Gasteiger partial charge in [-0.15, -0.1) is 5.10 Å². The molecule has 5 rings (SSSR count). The molecule has 2 aromatic heterocycles. The number of alkyl halides is 2. The molecule has 0 amide bonds. The van der Waals surface area contributed by atoms with Gasteiger partial charge in [0.1, 0.15) is 11.5 Å². The van der Waals surface area contributed by atoms with Gasteiger partial charge in [-0.25, -0.2) is 18.1 Å². The lowest BCUT2D eigenvalue weighted by Gasteiger charge is -2.20. The molecule has 11 heteroatoms. The third-order valence-electron chi connectivity index (χ3n) is 6.45. The van der Waals surface area contributed by atoms with Gasteiger partial charge in [0, 0.05) is 30.0 Å². The summed E-state index contributed by atoms with van der Waals surface area (Å²) in [5.41, 5.74) is 3.83. The molecule has 7 nitrogen and oxygen atoms in total. The summed E-state index contributed by atoms with van der Waals surface area (Å²) in [4.78, 5) is 4.09. The Morgan fingerprint density at radius 3 is 2.45 bits per heavy atom. The summed E-state index contributed by atoms with van der Waals surface area (Å²) in [6.07, 6.45) is 9.74. The van der Waals surface area contributed by atoms with Crippen LogP contribution in [0.4, 0.5) is 8.78 Å². The molecule has 1 aliphatic rings. The fraction of sp³-hybridized carbons (Fsp3) is 0.222. The Kier molecular flexibility index (Phi) is 6.56. The highest BCUT2D eigenvalue weighted by Gasteiger charge is 2.29. The number of hydrogen-bond acceptors (Lipinski definition) is 5. The summed E-state index contributed by atoms with van der Waals surface area (Å²) in [6.45, 7) is 2.46. The molecule has 0 fully saturated rings. The van der Waals surface area contributed by atoms with E-state index in [1.54, 1.807) is 52.7 Å². The Labute approximate surface area is 224 Å². The zero-order valence-corrected chi connectivity index (χ0v) is 22.4. The summed E-state index contributed by atoms with van der Waals surface area (Å²) >= 11 is 6.08. The fourth-order valence-electron chi connectivity index (χ4n) is 4.41.